The lowest BCUT2D eigenvalue weighted by atomic mass is 10.1. The summed E-state index contributed by atoms with van der Waals surface area (Å²) in [6.07, 6.45) is 4.84. The van der Waals surface area contributed by atoms with Gasteiger partial charge >= 0.3 is 0 Å². The number of rotatable bonds is 6. The molecule has 19 heavy (non-hydrogen) atoms. The quantitative estimate of drug-likeness (QED) is 0.855. The summed E-state index contributed by atoms with van der Waals surface area (Å²) >= 11 is 0. The molecule has 0 radical (unpaired) electrons. The fourth-order valence-corrected chi connectivity index (χ4v) is 2.76. The van der Waals surface area contributed by atoms with Crippen molar-refractivity contribution in [2.75, 3.05) is 13.7 Å². The molecule has 1 N–H and O–H groups in total. The fourth-order valence-electron chi connectivity index (χ4n) is 2.76. The Morgan fingerprint density at radius 3 is 2.74 bits per heavy atom. The fraction of sp³-hybridized carbons (Fsp3) is 0.625. The van der Waals surface area contributed by atoms with E-state index in [0.717, 1.165) is 30.9 Å². The molecular formula is C16H25NO2. The molecule has 0 amide bonds. The van der Waals surface area contributed by atoms with Crippen molar-refractivity contribution in [1.82, 2.24) is 5.32 Å². The van der Waals surface area contributed by atoms with Crippen LogP contribution in [0, 0.1) is 0 Å². The second kappa shape index (κ2) is 6.80. The first-order valence-electron chi connectivity index (χ1n) is 7.35. The normalized spacial score (nSPS) is 22.5. The average Bonchev–Trinajstić information content (AvgIpc) is 2.87. The second-order valence-corrected chi connectivity index (χ2v) is 5.09. The highest BCUT2D eigenvalue weighted by molar-refractivity contribution is 5.43. The maximum Gasteiger partial charge on any atom is 0.161 e. The molecule has 3 heteroatoms. The number of methoxy groups -OCH3 is 1. The van der Waals surface area contributed by atoms with Crippen LogP contribution in [0.3, 0.4) is 0 Å². The van der Waals surface area contributed by atoms with Crippen LogP contribution in [-0.2, 0) is 6.42 Å². The highest BCUT2D eigenvalue weighted by atomic mass is 16.5. The number of benzene rings is 1. The minimum Gasteiger partial charge on any atom is -0.493 e. The lowest BCUT2D eigenvalue weighted by Crippen LogP contribution is -2.38. The minimum atomic E-state index is 0.265. The summed E-state index contributed by atoms with van der Waals surface area (Å²) in [7, 11) is 1.71. The molecule has 0 bridgehead atoms. The summed E-state index contributed by atoms with van der Waals surface area (Å²) in [5.41, 5.74) is 1.28. The zero-order chi connectivity index (χ0) is 13.7. The van der Waals surface area contributed by atoms with Gasteiger partial charge in [-0.15, -0.1) is 0 Å². The Hall–Kier alpha value is -1.22. The van der Waals surface area contributed by atoms with Crippen LogP contribution in [-0.4, -0.2) is 25.8 Å². The third-order valence-electron chi connectivity index (χ3n) is 3.83. The molecule has 2 rings (SSSR count). The maximum absolute atomic E-state index is 6.17. The molecule has 0 saturated heterocycles. The third kappa shape index (κ3) is 3.41. The molecule has 1 aliphatic rings. The van der Waals surface area contributed by atoms with Crippen molar-refractivity contribution >= 4 is 0 Å². The van der Waals surface area contributed by atoms with Gasteiger partial charge in [-0.1, -0.05) is 19.9 Å². The number of likely N-dealkylation sites (N-methyl/N-ethyl adjacent to an activating group) is 1. The van der Waals surface area contributed by atoms with E-state index in [0.29, 0.717) is 6.04 Å². The molecule has 0 aromatic heterocycles. The van der Waals surface area contributed by atoms with Gasteiger partial charge in [-0.2, -0.15) is 0 Å². The standard InChI is InChI=1S/C16H25NO2/c1-4-12-9-10-15(16(11-12)18-3)19-14-8-6-7-13(14)17-5-2/h9-11,13-14,17H,4-8H2,1-3H3. The van der Waals surface area contributed by atoms with Gasteiger partial charge < -0.3 is 14.8 Å². The summed E-state index contributed by atoms with van der Waals surface area (Å²) in [5.74, 6) is 1.72. The van der Waals surface area contributed by atoms with E-state index in [1.54, 1.807) is 7.11 Å². The molecule has 0 aliphatic heterocycles. The van der Waals surface area contributed by atoms with Gasteiger partial charge in [-0.3, -0.25) is 0 Å². The predicted octanol–water partition coefficient (Wildman–Crippen LogP) is 3.17. The number of nitrogens with one attached hydrogen (secondary N) is 1. The van der Waals surface area contributed by atoms with E-state index in [-0.39, 0.29) is 6.10 Å². The van der Waals surface area contributed by atoms with Gasteiger partial charge in [0.25, 0.3) is 0 Å². The van der Waals surface area contributed by atoms with E-state index in [2.05, 4.69) is 31.3 Å². The third-order valence-corrected chi connectivity index (χ3v) is 3.83. The highest BCUT2D eigenvalue weighted by Gasteiger charge is 2.28. The molecular weight excluding hydrogens is 238 g/mol. The molecule has 1 aromatic carbocycles. The molecule has 3 nitrogen and oxygen atoms in total. The number of hydrogen-bond acceptors (Lipinski definition) is 3. The van der Waals surface area contributed by atoms with E-state index >= 15 is 0 Å². The molecule has 1 fully saturated rings. The first-order valence-corrected chi connectivity index (χ1v) is 7.35. The Morgan fingerprint density at radius 2 is 2.05 bits per heavy atom. The lowest BCUT2D eigenvalue weighted by molar-refractivity contribution is 0.169. The van der Waals surface area contributed by atoms with Gasteiger partial charge in [0.2, 0.25) is 0 Å². The van der Waals surface area contributed by atoms with E-state index in [4.69, 9.17) is 9.47 Å². The summed E-state index contributed by atoms with van der Waals surface area (Å²) in [5, 5.41) is 3.51. The van der Waals surface area contributed by atoms with Crippen LogP contribution in [0.15, 0.2) is 18.2 Å². The van der Waals surface area contributed by atoms with Crippen molar-refractivity contribution in [1.29, 1.82) is 0 Å². The van der Waals surface area contributed by atoms with Crippen LogP contribution in [0.5, 0.6) is 11.5 Å². The van der Waals surface area contributed by atoms with Crippen molar-refractivity contribution in [3.05, 3.63) is 23.8 Å². The largest absolute Gasteiger partial charge is 0.493 e. The topological polar surface area (TPSA) is 30.5 Å². The van der Waals surface area contributed by atoms with Gasteiger partial charge in [0, 0.05) is 6.04 Å². The number of aryl methyl sites for hydroxylation is 1. The van der Waals surface area contributed by atoms with Crippen molar-refractivity contribution in [2.45, 2.75) is 51.7 Å². The lowest BCUT2D eigenvalue weighted by Gasteiger charge is -2.23. The Kier molecular flexibility index (Phi) is 5.08. The van der Waals surface area contributed by atoms with Gasteiger partial charge in [0.05, 0.1) is 7.11 Å². The average molecular weight is 263 g/mol. The van der Waals surface area contributed by atoms with Crippen LogP contribution in [0.4, 0.5) is 0 Å². The van der Waals surface area contributed by atoms with Crippen molar-refractivity contribution < 1.29 is 9.47 Å². The van der Waals surface area contributed by atoms with E-state index in [9.17, 15) is 0 Å². The van der Waals surface area contributed by atoms with Gasteiger partial charge in [-0.25, -0.2) is 0 Å². The van der Waals surface area contributed by atoms with Crippen LogP contribution in [0.2, 0.25) is 0 Å². The van der Waals surface area contributed by atoms with Gasteiger partial charge in [0.15, 0.2) is 11.5 Å². The first-order chi connectivity index (χ1) is 9.28. The van der Waals surface area contributed by atoms with Gasteiger partial charge in [-0.05, 0) is 49.9 Å². The second-order valence-electron chi connectivity index (χ2n) is 5.09. The number of ether oxygens (including phenoxy) is 2. The summed E-state index contributed by atoms with van der Waals surface area (Å²) in [6, 6.07) is 6.71. The minimum absolute atomic E-state index is 0.265. The maximum atomic E-state index is 6.17. The summed E-state index contributed by atoms with van der Waals surface area (Å²) < 4.78 is 11.6. The highest BCUT2D eigenvalue weighted by Crippen LogP contribution is 2.32. The smallest absolute Gasteiger partial charge is 0.161 e. The summed E-state index contributed by atoms with van der Waals surface area (Å²) in [6.45, 7) is 5.29. The van der Waals surface area contributed by atoms with Crippen LogP contribution in [0.25, 0.3) is 0 Å². The van der Waals surface area contributed by atoms with Crippen molar-refractivity contribution in [2.24, 2.45) is 0 Å². The molecule has 106 valence electrons. The monoisotopic (exact) mass is 263 g/mol. The number of hydrogen-bond donors (Lipinski definition) is 1. The van der Waals surface area contributed by atoms with E-state index in [1.165, 1.54) is 18.4 Å². The molecule has 1 saturated carbocycles. The zero-order valence-corrected chi connectivity index (χ0v) is 12.2. The molecule has 1 aromatic rings. The van der Waals surface area contributed by atoms with E-state index < -0.39 is 0 Å². The first kappa shape index (κ1) is 14.2. The Balaban J connectivity index is 2.09. The molecule has 0 heterocycles. The molecule has 2 atom stereocenters. The Morgan fingerprint density at radius 1 is 1.21 bits per heavy atom. The predicted molar refractivity (Wildman–Crippen MR) is 78.1 cm³/mol. The van der Waals surface area contributed by atoms with E-state index in [1.807, 2.05) is 6.07 Å². The Labute approximate surface area is 116 Å². The molecule has 0 spiro atoms. The van der Waals surface area contributed by atoms with Crippen molar-refractivity contribution in [3.8, 4) is 11.5 Å². The summed E-state index contributed by atoms with van der Waals surface area (Å²) in [4.78, 5) is 0. The van der Waals surface area contributed by atoms with Gasteiger partial charge in [0.1, 0.15) is 6.10 Å². The van der Waals surface area contributed by atoms with Crippen LogP contribution in [0.1, 0.15) is 38.7 Å². The van der Waals surface area contributed by atoms with Crippen LogP contribution < -0.4 is 14.8 Å². The SMILES string of the molecule is CCNC1CCCC1Oc1ccc(CC)cc1OC. The van der Waals surface area contributed by atoms with Crippen molar-refractivity contribution in [3.63, 3.8) is 0 Å². The molecule has 2 unspecified atom stereocenters. The zero-order valence-electron chi connectivity index (χ0n) is 12.2. The molecule has 1 aliphatic carbocycles. The Bertz CT molecular complexity index is 406. The van der Waals surface area contributed by atoms with Crippen LogP contribution >= 0.6 is 0 Å².